The number of nitrogens with one attached hydrogen (secondary N) is 1. The van der Waals surface area contributed by atoms with Crippen LogP contribution in [0.1, 0.15) is 56.9 Å². The highest BCUT2D eigenvalue weighted by atomic mass is 35.5. The summed E-state index contributed by atoms with van der Waals surface area (Å²) in [6, 6.07) is 6.24. The highest BCUT2D eigenvalue weighted by Gasteiger charge is 2.32. The minimum atomic E-state index is -3.57. The van der Waals surface area contributed by atoms with E-state index in [1.54, 1.807) is 16.4 Å². The third-order valence-electron chi connectivity index (χ3n) is 5.04. The maximum absolute atomic E-state index is 13.1. The number of carbonyl (C=O) groups is 1. The van der Waals surface area contributed by atoms with Gasteiger partial charge in [0.25, 0.3) is 5.91 Å². The maximum Gasteiger partial charge on any atom is 0.275 e. The molecule has 1 aliphatic rings. The number of piperidine rings is 1. The van der Waals surface area contributed by atoms with Crippen LogP contribution in [0.4, 0.5) is 5.69 Å². The zero-order valence-corrected chi connectivity index (χ0v) is 20.2. The van der Waals surface area contributed by atoms with Gasteiger partial charge in [-0.05, 0) is 43.5 Å². The molecule has 0 spiro atoms. The molecule has 7 nitrogen and oxygen atoms in total. The third kappa shape index (κ3) is 5.77. The van der Waals surface area contributed by atoms with Crippen molar-refractivity contribution >= 4 is 45.0 Å². The van der Waals surface area contributed by atoms with Gasteiger partial charge in [-0.25, -0.2) is 18.4 Å². The van der Waals surface area contributed by atoms with E-state index in [1.165, 1.54) is 30.1 Å². The van der Waals surface area contributed by atoms with Crippen molar-refractivity contribution in [3.05, 3.63) is 41.2 Å². The Kier molecular flexibility index (Phi) is 7.96. The molecule has 1 amide bonds. The van der Waals surface area contributed by atoms with Crippen LogP contribution in [0.2, 0.25) is 5.02 Å². The summed E-state index contributed by atoms with van der Waals surface area (Å²) in [5.41, 5.74) is 0.540. The number of sulfonamides is 1. The Morgan fingerprint density at radius 2 is 2.00 bits per heavy atom. The molecule has 3 rings (SSSR count). The summed E-state index contributed by atoms with van der Waals surface area (Å²) < 4.78 is 27.8. The first kappa shape index (κ1) is 24.0. The number of thioether (sulfide) groups is 1. The van der Waals surface area contributed by atoms with Gasteiger partial charge >= 0.3 is 0 Å². The van der Waals surface area contributed by atoms with Crippen LogP contribution in [0, 0.1) is 0 Å². The molecule has 1 saturated heterocycles. The number of nitrogens with zero attached hydrogens (tertiary/aromatic N) is 3. The molecule has 10 heteroatoms. The first-order valence-corrected chi connectivity index (χ1v) is 13.0. The number of anilines is 1. The predicted octanol–water partition coefficient (Wildman–Crippen LogP) is 4.84. The van der Waals surface area contributed by atoms with Gasteiger partial charge in [-0.1, -0.05) is 50.6 Å². The molecule has 0 radical (unpaired) electrons. The zero-order chi connectivity index (χ0) is 22.6. The molecule has 0 aliphatic carbocycles. The third-order valence-corrected chi connectivity index (χ3v) is 8.16. The average Bonchev–Trinajstić information content (AvgIpc) is 2.75. The lowest BCUT2D eigenvalue weighted by atomic mass is 10.0. The number of hydrogen-bond acceptors (Lipinski definition) is 6. The second kappa shape index (κ2) is 10.3. The molecule has 0 saturated carbocycles. The lowest BCUT2D eigenvalue weighted by Gasteiger charge is -2.34. The molecule has 2 heterocycles. The van der Waals surface area contributed by atoms with E-state index in [0.717, 1.165) is 25.7 Å². The molecule has 1 aliphatic heterocycles. The Labute approximate surface area is 193 Å². The Bertz CT molecular complexity index is 1030. The lowest BCUT2D eigenvalue weighted by Crippen LogP contribution is -2.43. The number of hydrogen-bond donors (Lipinski definition) is 1. The van der Waals surface area contributed by atoms with Crippen LogP contribution in [-0.4, -0.2) is 46.4 Å². The van der Waals surface area contributed by atoms with Gasteiger partial charge in [0.05, 0.1) is 16.1 Å². The molecule has 2 aromatic rings. The Hall–Kier alpha value is -1.68. The highest BCUT2D eigenvalue weighted by Crippen LogP contribution is 2.28. The topological polar surface area (TPSA) is 92.3 Å². The van der Waals surface area contributed by atoms with Crippen molar-refractivity contribution in [2.45, 2.75) is 67.8 Å². The number of aromatic nitrogens is 2. The fraction of sp³-hybridized carbons (Fsp3) is 0.476. The van der Waals surface area contributed by atoms with Crippen molar-refractivity contribution in [3.8, 4) is 0 Å². The van der Waals surface area contributed by atoms with Crippen LogP contribution in [0.25, 0.3) is 0 Å². The molecule has 31 heavy (non-hydrogen) atoms. The summed E-state index contributed by atoms with van der Waals surface area (Å²) in [5, 5.41) is 3.61. The summed E-state index contributed by atoms with van der Waals surface area (Å²) in [5.74, 6) is -0.476. The predicted molar refractivity (Wildman–Crippen MR) is 124 cm³/mol. The largest absolute Gasteiger partial charge is 0.321 e. The molecule has 168 valence electrons. The minimum absolute atomic E-state index is 0.0379. The fourth-order valence-electron chi connectivity index (χ4n) is 3.51. The molecule has 1 N–H and O–H groups in total. The molecule has 0 unspecified atom stereocenters. The lowest BCUT2D eigenvalue weighted by molar-refractivity contribution is 0.102. The summed E-state index contributed by atoms with van der Waals surface area (Å²) in [7, 11) is -3.57. The summed E-state index contributed by atoms with van der Waals surface area (Å²) in [6.07, 6.45) is 5.02. The SMILES string of the molecule is CC[C@H]1CCCCN1S(=O)(=O)c1ccc(NC(=O)c2nc(SC(C)C)ncc2Cl)cc1. The van der Waals surface area contributed by atoms with E-state index in [0.29, 0.717) is 17.4 Å². The summed E-state index contributed by atoms with van der Waals surface area (Å²) in [4.78, 5) is 21.3. The molecule has 1 aromatic heterocycles. The Balaban J connectivity index is 1.76. The van der Waals surface area contributed by atoms with Crippen LogP contribution < -0.4 is 5.32 Å². The number of halogens is 1. The van der Waals surface area contributed by atoms with Crippen molar-refractivity contribution in [2.24, 2.45) is 0 Å². The molecule has 1 atom stereocenters. The van der Waals surface area contributed by atoms with E-state index in [1.807, 2.05) is 20.8 Å². The number of amides is 1. The molecular formula is C21H27ClN4O3S2. The van der Waals surface area contributed by atoms with E-state index in [4.69, 9.17) is 11.6 Å². The number of rotatable bonds is 7. The van der Waals surface area contributed by atoms with Gasteiger partial charge in [-0.3, -0.25) is 4.79 Å². The second-order valence-electron chi connectivity index (χ2n) is 7.67. The van der Waals surface area contributed by atoms with Gasteiger partial charge < -0.3 is 5.32 Å². The standard InChI is InChI=1S/C21H27ClN4O3S2/c1-4-16-7-5-6-12-26(16)31(28,29)17-10-8-15(9-11-17)24-20(27)19-18(22)13-23-21(25-19)30-14(2)3/h8-11,13-14,16H,4-7,12H2,1-3H3,(H,24,27)/t16-/m0/s1. The highest BCUT2D eigenvalue weighted by molar-refractivity contribution is 7.99. The maximum atomic E-state index is 13.1. The van der Waals surface area contributed by atoms with E-state index < -0.39 is 15.9 Å². The van der Waals surface area contributed by atoms with E-state index in [-0.39, 0.29) is 26.9 Å². The van der Waals surface area contributed by atoms with Crippen LogP contribution in [0.3, 0.4) is 0 Å². The van der Waals surface area contributed by atoms with E-state index in [2.05, 4.69) is 15.3 Å². The number of carbonyl (C=O) groups excluding carboxylic acids is 1. The molecular weight excluding hydrogens is 456 g/mol. The number of benzene rings is 1. The fourth-order valence-corrected chi connectivity index (χ4v) is 6.14. The van der Waals surface area contributed by atoms with Gasteiger partial charge in [0.15, 0.2) is 10.9 Å². The first-order valence-electron chi connectivity index (χ1n) is 10.3. The zero-order valence-electron chi connectivity index (χ0n) is 17.8. The van der Waals surface area contributed by atoms with Gasteiger partial charge in [0.2, 0.25) is 10.0 Å². The molecule has 1 fully saturated rings. The van der Waals surface area contributed by atoms with E-state index >= 15 is 0 Å². The minimum Gasteiger partial charge on any atom is -0.321 e. The summed E-state index contributed by atoms with van der Waals surface area (Å²) >= 11 is 7.55. The Morgan fingerprint density at radius 3 is 2.65 bits per heavy atom. The van der Waals surface area contributed by atoms with Crippen LogP contribution in [0.15, 0.2) is 40.5 Å². The van der Waals surface area contributed by atoms with Crippen LogP contribution in [0.5, 0.6) is 0 Å². The monoisotopic (exact) mass is 482 g/mol. The van der Waals surface area contributed by atoms with Crippen molar-refractivity contribution in [3.63, 3.8) is 0 Å². The van der Waals surface area contributed by atoms with Crippen LogP contribution >= 0.6 is 23.4 Å². The normalized spacial score (nSPS) is 17.6. The molecule has 1 aromatic carbocycles. The Morgan fingerprint density at radius 1 is 1.29 bits per heavy atom. The smallest absolute Gasteiger partial charge is 0.275 e. The van der Waals surface area contributed by atoms with Crippen molar-refractivity contribution in [2.75, 3.05) is 11.9 Å². The first-order chi connectivity index (χ1) is 14.7. The van der Waals surface area contributed by atoms with Gasteiger partial charge in [-0.15, -0.1) is 0 Å². The van der Waals surface area contributed by atoms with Crippen molar-refractivity contribution in [1.29, 1.82) is 0 Å². The van der Waals surface area contributed by atoms with E-state index in [9.17, 15) is 13.2 Å². The average molecular weight is 483 g/mol. The van der Waals surface area contributed by atoms with Gasteiger partial charge in [0.1, 0.15) is 0 Å². The molecule has 0 bridgehead atoms. The quantitative estimate of drug-likeness (QED) is 0.448. The van der Waals surface area contributed by atoms with Crippen LogP contribution in [-0.2, 0) is 10.0 Å². The summed E-state index contributed by atoms with van der Waals surface area (Å²) in [6.45, 7) is 6.57. The second-order valence-corrected chi connectivity index (χ2v) is 11.5. The van der Waals surface area contributed by atoms with Crippen molar-refractivity contribution < 1.29 is 13.2 Å². The van der Waals surface area contributed by atoms with Crippen molar-refractivity contribution in [1.82, 2.24) is 14.3 Å². The van der Waals surface area contributed by atoms with Gasteiger partial charge in [-0.2, -0.15) is 4.31 Å². The van der Waals surface area contributed by atoms with Gasteiger partial charge in [0, 0.05) is 23.5 Å².